The van der Waals surface area contributed by atoms with Gasteiger partial charge in [-0.2, -0.15) is 9.40 Å². The molecule has 0 radical (unpaired) electrons. The number of carbonyl (C=O) groups excluding carboxylic acids is 1. The maximum atomic E-state index is 12.7. The molecule has 1 aromatic carbocycles. The number of nitrogens with zero attached hydrogens (tertiary/aromatic N) is 2. The van der Waals surface area contributed by atoms with Gasteiger partial charge in [-0.25, -0.2) is 8.42 Å². The first-order chi connectivity index (χ1) is 11.4. The number of aromatic nitrogens is 2. The minimum absolute atomic E-state index is 0.0445. The number of benzene rings is 1. The predicted molar refractivity (Wildman–Crippen MR) is 90.7 cm³/mol. The number of aryl methyl sites for hydroxylation is 1. The zero-order valence-electron chi connectivity index (χ0n) is 13.0. The van der Waals surface area contributed by atoms with Crippen molar-refractivity contribution in [1.82, 2.24) is 14.5 Å². The molecule has 2 heterocycles. The standard InChI is InChI=1S/C15H17ClN4O3S/c1-10-8-14(19-18-10)17-15(21)11-4-5-12(16)13(9-11)24(22,23)20-6-2-3-7-20/h4-5,8-9H,2-3,6-7H2,1H3,(H2,17,18,19,21). The van der Waals surface area contributed by atoms with E-state index < -0.39 is 15.9 Å². The van der Waals surface area contributed by atoms with Crippen LogP contribution in [-0.4, -0.2) is 41.9 Å². The van der Waals surface area contributed by atoms with E-state index in [0.717, 1.165) is 18.5 Å². The molecule has 0 aliphatic carbocycles. The number of sulfonamides is 1. The molecule has 1 amide bonds. The van der Waals surface area contributed by atoms with Crippen LogP contribution in [0, 0.1) is 6.92 Å². The van der Waals surface area contributed by atoms with Gasteiger partial charge >= 0.3 is 0 Å². The molecule has 1 aromatic heterocycles. The number of hydrogen-bond donors (Lipinski definition) is 2. The molecule has 0 unspecified atom stereocenters. The van der Waals surface area contributed by atoms with Crippen LogP contribution >= 0.6 is 11.6 Å². The Hall–Kier alpha value is -1.90. The molecule has 0 atom stereocenters. The number of H-pyrrole nitrogens is 1. The lowest BCUT2D eigenvalue weighted by molar-refractivity contribution is 0.102. The number of hydrogen-bond acceptors (Lipinski definition) is 4. The van der Waals surface area contributed by atoms with Crippen molar-refractivity contribution in [2.45, 2.75) is 24.7 Å². The summed E-state index contributed by atoms with van der Waals surface area (Å²) in [7, 11) is -3.69. The van der Waals surface area contributed by atoms with Gasteiger partial charge in [0.15, 0.2) is 5.82 Å². The van der Waals surface area contributed by atoms with E-state index in [1.807, 2.05) is 6.92 Å². The molecule has 2 aromatic rings. The molecule has 1 aliphatic heterocycles. The summed E-state index contributed by atoms with van der Waals surface area (Å²) in [5, 5.41) is 9.36. The van der Waals surface area contributed by atoms with Gasteiger partial charge in [0.2, 0.25) is 10.0 Å². The van der Waals surface area contributed by atoms with Crippen molar-refractivity contribution >= 4 is 33.3 Å². The van der Waals surface area contributed by atoms with Crippen LogP contribution in [0.5, 0.6) is 0 Å². The zero-order chi connectivity index (χ0) is 17.3. The molecule has 1 fully saturated rings. The van der Waals surface area contributed by atoms with Gasteiger partial charge in [-0.3, -0.25) is 9.89 Å². The first kappa shape index (κ1) is 16.9. The van der Waals surface area contributed by atoms with Crippen molar-refractivity contribution in [3.63, 3.8) is 0 Å². The van der Waals surface area contributed by atoms with Crippen LogP contribution in [0.15, 0.2) is 29.2 Å². The van der Waals surface area contributed by atoms with E-state index in [1.54, 1.807) is 6.07 Å². The molecular formula is C15H17ClN4O3S. The largest absolute Gasteiger partial charge is 0.305 e. The van der Waals surface area contributed by atoms with Gasteiger partial charge in [-0.15, -0.1) is 0 Å². The molecule has 3 rings (SSSR count). The van der Waals surface area contributed by atoms with Crippen LogP contribution in [0.3, 0.4) is 0 Å². The quantitative estimate of drug-likeness (QED) is 0.866. The smallest absolute Gasteiger partial charge is 0.256 e. The fraction of sp³-hybridized carbons (Fsp3) is 0.333. The lowest BCUT2D eigenvalue weighted by Crippen LogP contribution is -2.28. The number of rotatable bonds is 4. The minimum atomic E-state index is -3.69. The molecule has 128 valence electrons. The zero-order valence-corrected chi connectivity index (χ0v) is 14.6. The highest BCUT2D eigenvalue weighted by Gasteiger charge is 2.29. The predicted octanol–water partition coefficient (Wildman–Crippen LogP) is 2.41. The van der Waals surface area contributed by atoms with Gasteiger partial charge in [-0.1, -0.05) is 11.6 Å². The van der Waals surface area contributed by atoms with Crippen molar-refractivity contribution in [3.05, 3.63) is 40.5 Å². The molecule has 0 saturated carbocycles. The van der Waals surface area contributed by atoms with E-state index in [9.17, 15) is 13.2 Å². The van der Waals surface area contributed by atoms with Crippen LogP contribution in [-0.2, 0) is 10.0 Å². The number of nitrogens with one attached hydrogen (secondary N) is 2. The summed E-state index contributed by atoms with van der Waals surface area (Å²) in [6.45, 7) is 2.76. The van der Waals surface area contributed by atoms with Crippen LogP contribution in [0.2, 0.25) is 5.02 Å². The number of halogens is 1. The molecule has 7 nitrogen and oxygen atoms in total. The third-order valence-corrected chi connectivity index (χ3v) is 6.20. The van der Waals surface area contributed by atoms with Crippen LogP contribution in [0.1, 0.15) is 28.9 Å². The molecule has 24 heavy (non-hydrogen) atoms. The van der Waals surface area contributed by atoms with Crippen LogP contribution in [0.25, 0.3) is 0 Å². The van der Waals surface area contributed by atoms with Crippen molar-refractivity contribution in [2.24, 2.45) is 0 Å². The third kappa shape index (κ3) is 3.31. The van der Waals surface area contributed by atoms with Gasteiger partial charge in [0.05, 0.1) is 5.02 Å². The molecular weight excluding hydrogens is 352 g/mol. The summed E-state index contributed by atoms with van der Waals surface area (Å²) >= 11 is 6.07. The lowest BCUT2D eigenvalue weighted by Gasteiger charge is -2.17. The Morgan fingerprint density at radius 1 is 1.29 bits per heavy atom. The maximum Gasteiger partial charge on any atom is 0.256 e. The number of carbonyl (C=O) groups is 1. The summed E-state index contributed by atoms with van der Waals surface area (Å²) < 4.78 is 26.8. The number of anilines is 1. The number of aromatic amines is 1. The first-order valence-electron chi connectivity index (χ1n) is 7.51. The van der Waals surface area contributed by atoms with Crippen LogP contribution in [0.4, 0.5) is 5.82 Å². The Kier molecular flexibility index (Phi) is 4.62. The van der Waals surface area contributed by atoms with Gasteiger partial charge in [0.25, 0.3) is 5.91 Å². The van der Waals surface area contributed by atoms with E-state index >= 15 is 0 Å². The second-order valence-corrected chi connectivity index (χ2v) is 7.96. The van der Waals surface area contributed by atoms with E-state index in [1.165, 1.54) is 22.5 Å². The van der Waals surface area contributed by atoms with E-state index in [0.29, 0.717) is 18.9 Å². The highest BCUT2D eigenvalue weighted by Crippen LogP contribution is 2.28. The second-order valence-electron chi connectivity index (χ2n) is 5.65. The topological polar surface area (TPSA) is 95.2 Å². The number of amides is 1. The van der Waals surface area contributed by atoms with Crippen molar-refractivity contribution < 1.29 is 13.2 Å². The summed E-state index contributed by atoms with van der Waals surface area (Å²) in [6, 6.07) is 5.90. The molecule has 1 saturated heterocycles. The normalized spacial score (nSPS) is 15.6. The lowest BCUT2D eigenvalue weighted by atomic mass is 10.2. The average molecular weight is 369 g/mol. The summed E-state index contributed by atoms with van der Waals surface area (Å²) in [6.07, 6.45) is 1.66. The Bertz CT molecular complexity index is 873. The molecule has 0 spiro atoms. The minimum Gasteiger partial charge on any atom is -0.305 e. The highest BCUT2D eigenvalue weighted by molar-refractivity contribution is 7.89. The summed E-state index contributed by atoms with van der Waals surface area (Å²) in [5.41, 5.74) is 1.01. The van der Waals surface area contributed by atoms with E-state index in [-0.39, 0.29) is 15.5 Å². The maximum absolute atomic E-state index is 12.7. The molecule has 2 N–H and O–H groups in total. The Labute approximate surface area is 145 Å². The highest BCUT2D eigenvalue weighted by atomic mass is 35.5. The van der Waals surface area contributed by atoms with Crippen molar-refractivity contribution in [3.8, 4) is 0 Å². The van der Waals surface area contributed by atoms with Gasteiger partial charge in [0.1, 0.15) is 4.90 Å². The fourth-order valence-corrected chi connectivity index (χ4v) is 4.60. The first-order valence-corrected chi connectivity index (χ1v) is 9.33. The Balaban J connectivity index is 1.89. The second kappa shape index (κ2) is 6.54. The Morgan fingerprint density at radius 3 is 2.62 bits per heavy atom. The summed E-state index contributed by atoms with van der Waals surface area (Å²) in [5.74, 6) is -0.0764. The van der Waals surface area contributed by atoms with Gasteiger partial charge < -0.3 is 5.32 Å². The molecule has 0 bridgehead atoms. The third-order valence-electron chi connectivity index (χ3n) is 3.82. The Morgan fingerprint density at radius 2 is 2.00 bits per heavy atom. The van der Waals surface area contributed by atoms with Gasteiger partial charge in [0, 0.05) is 30.4 Å². The van der Waals surface area contributed by atoms with E-state index in [2.05, 4.69) is 15.5 Å². The van der Waals surface area contributed by atoms with E-state index in [4.69, 9.17) is 11.6 Å². The SMILES string of the molecule is Cc1cc(NC(=O)c2ccc(Cl)c(S(=O)(=O)N3CCCC3)c2)n[nH]1. The molecule has 1 aliphatic rings. The van der Waals surface area contributed by atoms with Crippen molar-refractivity contribution in [1.29, 1.82) is 0 Å². The average Bonchev–Trinajstić information content (AvgIpc) is 3.19. The van der Waals surface area contributed by atoms with Crippen LogP contribution < -0.4 is 5.32 Å². The molecule has 9 heteroatoms. The van der Waals surface area contributed by atoms with Gasteiger partial charge in [-0.05, 0) is 38.0 Å². The fourth-order valence-electron chi connectivity index (χ4n) is 2.58. The monoisotopic (exact) mass is 368 g/mol. The summed E-state index contributed by atoms with van der Waals surface area (Å²) in [4.78, 5) is 12.3. The van der Waals surface area contributed by atoms with Crippen molar-refractivity contribution in [2.75, 3.05) is 18.4 Å².